The Labute approximate surface area is 105 Å². The van der Waals surface area contributed by atoms with Crippen LogP contribution in [0.25, 0.3) is 0 Å². The number of carboxylic acids is 1. The van der Waals surface area contributed by atoms with Crippen molar-refractivity contribution in [1.82, 2.24) is 14.8 Å². The SMILES string of the molecule is Cc1nn(CCc2ccncc2)c(C)c1C(=O)O. The van der Waals surface area contributed by atoms with Crippen LogP contribution >= 0.6 is 0 Å². The van der Waals surface area contributed by atoms with Crippen LogP contribution in [0.1, 0.15) is 27.3 Å². The molecular weight excluding hydrogens is 230 g/mol. The van der Waals surface area contributed by atoms with E-state index in [1.54, 1.807) is 30.9 Å². The van der Waals surface area contributed by atoms with E-state index in [1.807, 2.05) is 12.1 Å². The highest BCUT2D eigenvalue weighted by atomic mass is 16.4. The van der Waals surface area contributed by atoms with Gasteiger partial charge in [0.25, 0.3) is 0 Å². The summed E-state index contributed by atoms with van der Waals surface area (Å²) in [5, 5.41) is 13.4. The second-order valence-electron chi connectivity index (χ2n) is 4.18. The monoisotopic (exact) mass is 245 g/mol. The van der Waals surface area contributed by atoms with Crippen LogP contribution in [0, 0.1) is 13.8 Å². The Morgan fingerprint density at radius 2 is 2.00 bits per heavy atom. The number of aromatic nitrogens is 3. The molecule has 0 aliphatic rings. The summed E-state index contributed by atoms with van der Waals surface area (Å²) < 4.78 is 1.75. The summed E-state index contributed by atoms with van der Waals surface area (Å²) in [6.07, 6.45) is 4.31. The van der Waals surface area contributed by atoms with Gasteiger partial charge < -0.3 is 5.11 Å². The molecule has 1 N–H and O–H groups in total. The van der Waals surface area contributed by atoms with Crippen LogP contribution in [0.2, 0.25) is 0 Å². The molecule has 18 heavy (non-hydrogen) atoms. The minimum Gasteiger partial charge on any atom is -0.478 e. The van der Waals surface area contributed by atoms with Gasteiger partial charge in [-0.05, 0) is 38.0 Å². The van der Waals surface area contributed by atoms with E-state index in [4.69, 9.17) is 5.11 Å². The van der Waals surface area contributed by atoms with Crippen LogP contribution in [0.5, 0.6) is 0 Å². The van der Waals surface area contributed by atoms with E-state index in [1.165, 1.54) is 0 Å². The fourth-order valence-electron chi connectivity index (χ4n) is 2.01. The van der Waals surface area contributed by atoms with Gasteiger partial charge in [0.15, 0.2) is 0 Å². The van der Waals surface area contributed by atoms with Crippen molar-refractivity contribution in [3.63, 3.8) is 0 Å². The van der Waals surface area contributed by atoms with E-state index in [2.05, 4.69) is 10.1 Å². The highest BCUT2D eigenvalue weighted by Gasteiger charge is 2.17. The molecule has 0 saturated heterocycles. The van der Waals surface area contributed by atoms with Crippen LogP contribution in [0.15, 0.2) is 24.5 Å². The van der Waals surface area contributed by atoms with Gasteiger partial charge in [0, 0.05) is 18.9 Å². The Hall–Kier alpha value is -2.17. The number of pyridine rings is 1. The first-order valence-corrected chi connectivity index (χ1v) is 5.76. The van der Waals surface area contributed by atoms with Gasteiger partial charge in [-0.1, -0.05) is 0 Å². The van der Waals surface area contributed by atoms with Crippen LogP contribution in [-0.4, -0.2) is 25.8 Å². The molecule has 2 heterocycles. The molecule has 0 atom stereocenters. The molecule has 5 heteroatoms. The van der Waals surface area contributed by atoms with E-state index in [0.717, 1.165) is 12.0 Å². The Bertz CT molecular complexity index is 561. The summed E-state index contributed by atoms with van der Waals surface area (Å²) in [6, 6.07) is 3.90. The first kappa shape index (κ1) is 12.3. The number of hydrogen-bond acceptors (Lipinski definition) is 3. The number of nitrogens with zero attached hydrogens (tertiary/aromatic N) is 3. The lowest BCUT2D eigenvalue weighted by Gasteiger charge is -2.04. The fourth-order valence-corrected chi connectivity index (χ4v) is 2.01. The number of aryl methyl sites for hydroxylation is 3. The minimum absolute atomic E-state index is 0.310. The molecular formula is C13H15N3O2. The second-order valence-corrected chi connectivity index (χ2v) is 4.18. The summed E-state index contributed by atoms with van der Waals surface area (Å²) in [5.74, 6) is -0.917. The fraction of sp³-hybridized carbons (Fsp3) is 0.308. The van der Waals surface area contributed by atoms with Gasteiger partial charge in [-0.3, -0.25) is 9.67 Å². The molecule has 5 nitrogen and oxygen atoms in total. The molecule has 2 aromatic heterocycles. The zero-order valence-corrected chi connectivity index (χ0v) is 10.4. The Morgan fingerprint density at radius 1 is 1.33 bits per heavy atom. The van der Waals surface area contributed by atoms with E-state index >= 15 is 0 Å². The quantitative estimate of drug-likeness (QED) is 0.892. The van der Waals surface area contributed by atoms with Gasteiger partial charge in [-0.15, -0.1) is 0 Å². The summed E-state index contributed by atoms with van der Waals surface area (Å²) in [5.41, 5.74) is 2.74. The Kier molecular flexibility index (Phi) is 3.41. The lowest BCUT2D eigenvalue weighted by Crippen LogP contribution is -2.06. The minimum atomic E-state index is -0.917. The Balaban J connectivity index is 2.16. The highest BCUT2D eigenvalue weighted by Crippen LogP contribution is 2.13. The molecule has 0 unspecified atom stereocenters. The largest absolute Gasteiger partial charge is 0.478 e. The first-order chi connectivity index (χ1) is 8.59. The summed E-state index contributed by atoms with van der Waals surface area (Å²) in [7, 11) is 0. The third-order valence-electron chi connectivity index (χ3n) is 2.96. The number of hydrogen-bond donors (Lipinski definition) is 1. The molecule has 2 aromatic rings. The molecule has 0 aliphatic carbocycles. The summed E-state index contributed by atoms with van der Waals surface area (Å²) in [4.78, 5) is 15.0. The molecule has 0 radical (unpaired) electrons. The number of carboxylic acid groups (broad SMARTS) is 1. The lowest BCUT2D eigenvalue weighted by molar-refractivity contribution is 0.0695. The van der Waals surface area contributed by atoms with E-state index in [-0.39, 0.29) is 0 Å². The molecule has 0 aliphatic heterocycles. The zero-order chi connectivity index (χ0) is 13.1. The maximum absolute atomic E-state index is 11.1. The molecule has 0 bridgehead atoms. The van der Waals surface area contributed by atoms with Crippen LogP contribution in [0.4, 0.5) is 0 Å². The maximum atomic E-state index is 11.1. The average Bonchev–Trinajstić information content (AvgIpc) is 2.63. The highest BCUT2D eigenvalue weighted by molar-refractivity contribution is 5.90. The van der Waals surface area contributed by atoms with Crippen molar-refractivity contribution in [3.8, 4) is 0 Å². The summed E-state index contributed by atoms with van der Waals surface area (Å²) in [6.45, 7) is 4.18. The predicted octanol–water partition coefficient (Wildman–Crippen LogP) is 1.84. The van der Waals surface area contributed by atoms with Crippen molar-refractivity contribution in [2.24, 2.45) is 0 Å². The predicted molar refractivity (Wildman–Crippen MR) is 66.6 cm³/mol. The van der Waals surface area contributed by atoms with E-state index in [9.17, 15) is 4.79 Å². The van der Waals surface area contributed by atoms with Crippen LogP contribution in [0.3, 0.4) is 0 Å². The first-order valence-electron chi connectivity index (χ1n) is 5.76. The molecule has 2 rings (SSSR count). The van der Waals surface area contributed by atoms with Gasteiger partial charge in [-0.2, -0.15) is 5.10 Å². The van der Waals surface area contributed by atoms with Gasteiger partial charge >= 0.3 is 5.97 Å². The van der Waals surface area contributed by atoms with Crippen molar-refractivity contribution in [2.75, 3.05) is 0 Å². The molecule has 0 fully saturated rings. The van der Waals surface area contributed by atoms with Crippen molar-refractivity contribution in [3.05, 3.63) is 47.0 Å². The molecule has 0 spiro atoms. The number of aromatic carboxylic acids is 1. The topological polar surface area (TPSA) is 68.0 Å². The van der Waals surface area contributed by atoms with Gasteiger partial charge in [-0.25, -0.2) is 4.79 Å². The van der Waals surface area contributed by atoms with Gasteiger partial charge in [0.2, 0.25) is 0 Å². The third kappa shape index (κ3) is 2.40. The van der Waals surface area contributed by atoms with Crippen molar-refractivity contribution in [1.29, 1.82) is 0 Å². The van der Waals surface area contributed by atoms with Crippen molar-refractivity contribution >= 4 is 5.97 Å². The molecule has 0 saturated carbocycles. The average molecular weight is 245 g/mol. The van der Waals surface area contributed by atoms with Crippen LogP contribution in [-0.2, 0) is 13.0 Å². The normalized spacial score (nSPS) is 10.6. The molecule has 0 aromatic carbocycles. The number of carbonyl (C=O) groups is 1. The van der Waals surface area contributed by atoms with E-state index in [0.29, 0.717) is 23.5 Å². The van der Waals surface area contributed by atoms with E-state index < -0.39 is 5.97 Å². The maximum Gasteiger partial charge on any atom is 0.339 e. The second kappa shape index (κ2) is 5.00. The standard InChI is InChI=1S/C13H15N3O2/c1-9-12(13(17)18)10(2)16(15-9)8-5-11-3-6-14-7-4-11/h3-4,6-7H,5,8H2,1-2H3,(H,17,18). The lowest BCUT2D eigenvalue weighted by atomic mass is 10.2. The van der Waals surface area contributed by atoms with Crippen molar-refractivity contribution < 1.29 is 9.90 Å². The third-order valence-corrected chi connectivity index (χ3v) is 2.96. The van der Waals surface area contributed by atoms with Crippen LogP contribution < -0.4 is 0 Å². The summed E-state index contributed by atoms with van der Waals surface area (Å²) >= 11 is 0. The van der Waals surface area contributed by atoms with Crippen molar-refractivity contribution in [2.45, 2.75) is 26.8 Å². The molecule has 0 amide bonds. The Morgan fingerprint density at radius 3 is 2.56 bits per heavy atom. The smallest absolute Gasteiger partial charge is 0.339 e. The van der Waals surface area contributed by atoms with Gasteiger partial charge in [0.1, 0.15) is 5.56 Å². The van der Waals surface area contributed by atoms with Gasteiger partial charge in [0.05, 0.1) is 11.4 Å². The molecule has 94 valence electrons. The zero-order valence-electron chi connectivity index (χ0n) is 10.4. The number of rotatable bonds is 4.